The van der Waals surface area contributed by atoms with E-state index < -0.39 is 5.97 Å². The first-order chi connectivity index (χ1) is 7.90. The number of esters is 1. The van der Waals surface area contributed by atoms with Gasteiger partial charge in [-0.3, -0.25) is 9.59 Å². The van der Waals surface area contributed by atoms with Crippen LogP contribution in [0.25, 0.3) is 0 Å². The van der Waals surface area contributed by atoms with E-state index in [4.69, 9.17) is 9.84 Å². The number of carboxylic acids is 1. The molecule has 4 nitrogen and oxygen atoms in total. The molecule has 0 aromatic rings. The summed E-state index contributed by atoms with van der Waals surface area (Å²) in [6.45, 7) is 9.85. The Morgan fingerprint density at radius 3 is 1.88 bits per heavy atom. The minimum atomic E-state index is -0.706. The quantitative estimate of drug-likeness (QED) is 0.731. The number of carbonyl (C=O) groups excluding carboxylic acids is 1. The molecule has 102 valence electrons. The van der Waals surface area contributed by atoms with Gasteiger partial charge in [0.05, 0.1) is 18.4 Å². The average molecular weight is 246 g/mol. The highest BCUT2D eigenvalue weighted by Gasteiger charge is 2.11. The third-order valence-electron chi connectivity index (χ3n) is 2.44. The summed E-state index contributed by atoms with van der Waals surface area (Å²) in [4.78, 5) is 20.8. The number of hydrogen-bond donors (Lipinski definition) is 1. The van der Waals surface area contributed by atoms with Crippen LogP contribution in [-0.2, 0) is 14.3 Å². The molecule has 0 saturated heterocycles. The van der Waals surface area contributed by atoms with Gasteiger partial charge in [-0.1, -0.05) is 34.1 Å². The molecule has 1 N–H and O–H groups in total. The summed E-state index contributed by atoms with van der Waals surface area (Å²) in [5.74, 6) is -0.878. The molecule has 0 bridgehead atoms. The first kappa shape index (κ1) is 18.3. The molecule has 0 saturated carbocycles. The molecule has 0 aromatic carbocycles. The van der Waals surface area contributed by atoms with Gasteiger partial charge in [0.25, 0.3) is 0 Å². The Bertz CT molecular complexity index is 213. The molecule has 0 amide bonds. The summed E-state index contributed by atoms with van der Waals surface area (Å²) in [5.41, 5.74) is 0. The maximum absolute atomic E-state index is 10.9. The molecule has 0 aromatic heterocycles. The van der Waals surface area contributed by atoms with Crippen molar-refractivity contribution in [1.29, 1.82) is 0 Å². The fraction of sp³-hybridized carbons (Fsp3) is 0.846. The van der Waals surface area contributed by atoms with Gasteiger partial charge in [-0.15, -0.1) is 0 Å². The molecule has 2 atom stereocenters. The summed E-state index contributed by atoms with van der Waals surface area (Å²) in [5, 5.41) is 8.18. The minimum absolute atomic E-state index is 0.0654. The number of carbonyl (C=O) groups is 2. The van der Waals surface area contributed by atoms with Crippen molar-refractivity contribution in [2.24, 2.45) is 11.8 Å². The van der Waals surface area contributed by atoms with E-state index >= 15 is 0 Å². The SMILES string of the molecule is CCC(C)C(=O)O.CCCC(C)C(=O)OCC. The molecule has 0 aliphatic carbocycles. The molecule has 0 fully saturated rings. The second-order valence-corrected chi connectivity index (χ2v) is 4.09. The van der Waals surface area contributed by atoms with Crippen molar-refractivity contribution in [1.82, 2.24) is 0 Å². The molecule has 0 heterocycles. The second-order valence-electron chi connectivity index (χ2n) is 4.09. The van der Waals surface area contributed by atoms with E-state index in [0.29, 0.717) is 6.61 Å². The van der Waals surface area contributed by atoms with E-state index in [2.05, 4.69) is 6.92 Å². The summed E-state index contributed by atoms with van der Waals surface area (Å²) < 4.78 is 4.82. The lowest BCUT2D eigenvalue weighted by Crippen LogP contribution is -2.14. The minimum Gasteiger partial charge on any atom is -0.481 e. The number of hydrogen-bond acceptors (Lipinski definition) is 3. The van der Waals surface area contributed by atoms with Crippen molar-refractivity contribution in [3.05, 3.63) is 0 Å². The Morgan fingerprint density at radius 2 is 1.65 bits per heavy atom. The third kappa shape index (κ3) is 11.2. The van der Waals surface area contributed by atoms with Crippen LogP contribution in [0, 0.1) is 11.8 Å². The summed E-state index contributed by atoms with van der Waals surface area (Å²) in [6, 6.07) is 0. The Balaban J connectivity index is 0. The number of carboxylic acid groups (broad SMARTS) is 1. The summed E-state index contributed by atoms with van der Waals surface area (Å²) in [6.07, 6.45) is 2.69. The van der Waals surface area contributed by atoms with Gasteiger partial charge in [-0.25, -0.2) is 0 Å². The van der Waals surface area contributed by atoms with Gasteiger partial charge < -0.3 is 9.84 Å². The fourth-order valence-electron chi connectivity index (χ4n) is 1.01. The first-order valence-corrected chi connectivity index (χ1v) is 6.29. The van der Waals surface area contributed by atoms with Crippen LogP contribution in [0.4, 0.5) is 0 Å². The zero-order valence-electron chi connectivity index (χ0n) is 11.7. The molecule has 2 unspecified atom stereocenters. The molecule has 17 heavy (non-hydrogen) atoms. The van der Waals surface area contributed by atoms with Crippen LogP contribution in [0.2, 0.25) is 0 Å². The number of aliphatic carboxylic acids is 1. The van der Waals surface area contributed by atoms with E-state index in [1.165, 1.54) is 0 Å². The largest absolute Gasteiger partial charge is 0.481 e. The molecule has 0 radical (unpaired) electrons. The molecule has 0 aliphatic rings. The lowest BCUT2D eigenvalue weighted by Gasteiger charge is -2.07. The van der Waals surface area contributed by atoms with Crippen LogP contribution in [0.15, 0.2) is 0 Å². The van der Waals surface area contributed by atoms with Gasteiger partial charge >= 0.3 is 11.9 Å². The predicted octanol–water partition coefficient (Wildman–Crippen LogP) is 3.10. The normalized spacial score (nSPS) is 13.0. The molecular formula is C13H26O4. The van der Waals surface area contributed by atoms with Gasteiger partial charge in [-0.05, 0) is 19.8 Å². The van der Waals surface area contributed by atoms with Gasteiger partial charge in [0, 0.05) is 0 Å². The van der Waals surface area contributed by atoms with Crippen LogP contribution < -0.4 is 0 Å². The van der Waals surface area contributed by atoms with Crippen LogP contribution in [0.3, 0.4) is 0 Å². The highest BCUT2D eigenvalue weighted by molar-refractivity contribution is 5.71. The van der Waals surface area contributed by atoms with Gasteiger partial charge in [-0.2, -0.15) is 0 Å². The highest BCUT2D eigenvalue weighted by Crippen LogP contribution is 2.06. The molecule has 0 rings (SSSR count). The van der Waals surface area contributed by atoms with Crippen molar-refractivity contribution in [3.8, 4) is 0 Å². The topological polar surface area (TPSA) is 63.6 Å². The van der Waals surface area contributed by atoms with Crippen molar-refractivity contribution in [2.75, 3.05) is 6.61 Å². The number of rotatable bonds is 6. The monoisotopic (exact) mass is 246 g/mol. The average Bonchev–Trinajstić information content (AvgIpc) is 2.29. The zero-order chi connectivity index (χ0) is 13.8. The fourth-order valence-corrected chi connectivity index (χ4v) is 1.01. The van der Waals surface area contributed by atoms with Gasteiger partial charge in [0.1, 0.15) is 0 Å². The lowest BCUT2D eigenvalue weighted by atomic mass is 10.1. The standard InChI is InChI=1S/C8H16O2.C5H10O2/c1-4-6-7(3)8(9)10-5-2;1-3-4(2)5(6)7/h7H,4-6H2,1-3H3;4H,3H2,1-2H3,(H,6,7). The maximum atomic E-state index is 10.9. The Kier molecular flexibility index (Phi) is 12.3. The zero-order valence-corrected chi connectivity index (χ0v) is 11.7. The van der Waals surface area contributed by atoms with Crippen LogP contribution in [0.5, 0.6) is 0 Å². The van der Waals surface area contributed by atoms with E-state index in [0.717, 1.165) is 19.3 Å². The predicted molar refractivity (Wildman–Crippen MR) is 67.8 cm³/mol. The maximum Gasteiger partial charge on any atom is 0.308 e. The summed E-state index contributed by atoms with van der Waals surface area (Å²) >= 11 is 0. The Hall–Kier alpha value is -1.06. The van der Waals surface area contributed by atoms with E-state index in [1.54, 1.807) is 6.92 Å². The summed E-state index contributed by atoms with van der Waals surface area (Å²) in [7, 11) is 0. The van der Waals surface area contributed by atoms with E-state index in [9.17, 15) is 9.59 Å². The van der Waals surface area contributed by atoms with E-state index in [1.807, 2.05) is 20.8 Å². The Labute approximate surface area is 104 Å². The lowest BCUT2D eigenvalue weighted by molar-refractivity contribution is -0.147. The molecular weight excluding hydrogens is 220 g/mol. The second kappa shape index (κ2) is 11.4. The molecule has 4 heteroatoms. The van der Waals surface area contributed by atoms with Gasteiger partial charge in [0.2, 0.25) is 0 Å². The van der Waals surface area contributed by atoms with Crippen molar-refractivity contribution < 1.29 is 19.4 Å². The van der Waals surface area contributed by atoms with E-state index in [-0.39, 0.29) is 17.8 Å². The van der Waals surface area contributed by atoms with Crippen LogP contribution in [0.1, 0.15) is 53.9 Å². The molecule has 0 spiro atoms. The molecule has 0 aliphatic heterocycles. The van der Waals surface area contributed by atoms with Crippen molar-refractivity contribution in [2.45, 2.75) is 53.9 Å². The van der Waals surface area contributed by atoms with Crippen molar-refractivity contribution in [3.63, 3.8) is 0 Å². The van der Waals surface area contributed by atoms with Crippen molar-refractivity contribution >= 4 is 11.9 Å². The highest BCUT2D eigenvalue weighted by atomic mass is 16.5. The Morgan fingerprint density at radius 1 is 1.12 bits per heavy atom. The third-order valence-corrected chi connectivity index (χ3v) is 2.44. The number of ether oxygens (including phenoxy) is 1. The first-order valence-electron chi connectivity index (χ1n) is 6.29. The smallest absolute Gasteiger partial charge is 0.308 e. The van der Waals surface area contributed by atoms with Gasteiger partial charge in [0.15, 0.2) is 0 Å². The van der Waals surface area contributed by atoms with Crippen LogP contribution >= 0.6 is 0 Å². The van der Waals surface area contributed by atoms with Crippen LogP contribution in [-0.4, -0.2) is 23.7 Å².